The molecule has 2 atom stereocenters. The summed E-state index contributed by atoms with van der Waals surface area (Å²) < 4.78 is 5.70. The Kier molecular flexibility index (Phi) is 4.22. The summed E-state index contributed by atoms with van der Waals surface area (Å²) in [6.45, 7) is 5.70. The maximum Gasteiger partial charge on any atom is 0.242 e. The number of morpholine rings is 1. The Morgan fingerprint density at radius 2 is 1.80 bits per heavy atom. The number of ether oxygens (including phenoxy) is 1. The molecule has 1 fully saturated rings. The van der Waals surface area contributed by atoms with Crippen molar-refractivity contribution in [2.24, 2.45) is 0 Å². The van der Waals surface area contributed by atoms with E-state index in [0.717, 1.165) is 12.1 Å². The Labute approximate surface area is 148 Å². The number of rotatable bonds is 3. The number of benzene rings is 2. The van der Waals surface area contributed by atoms with Crippen molar-refractivity contribution in [3.05, 3.63) is 53.6 Å². The predicted molar refractivity (Wildman–Crippen MR) is 99.8 cm³/mol. The number of anilines is 1. The van der Waals surface area contributed by atoms with Gasteiger partial charge in [-0.05, 0) is 54.7 Å². The van der Waals surface area contributed by atoms with E-state index in [-0.39, 0.29) is 18.1 Å². The predicted octanol–water partition coefficient (Wildman–Crippen LogP) is 3.31. The average Bonchev–Trinajstić information content (AvgIpc) is 2.96. The molecule has 1 heterocycles. The van der Waals surface area contributed by atoms with Crippen LogP contribution in [0.5, 0.6) is 0 Å². The highest BCUT2D eigenvalue weighted by atomic mass is 16.5. The number of hydrogen-bond donors (Lipinski definition) is 1. The molecule has 0 saturated carbocycles. The third-order valence-corrected chi connectivity index (χ3v) is 5.01. The van der Waals surface area contributed by atoms with Gasteiger partial charge in [-0.2, -0.15) is 0 Å². The van der Waals surface area contributed by atoms with Crippen molar-refractivity contribution in [1.29, 1.82) is 0 Å². The first-order valence-corrected chi connectivity index (χ1v) is 8.98. The molecule has 0 aromatic heterocycles. The van der Waals surface area contributed by atoms with Gasteiger partial charge in [-0.15, -0.1) is 0 Å². The highest BCUT2D eigenvalue weighted by Crippen LogP contribution is 2.37. The zero-order valence-electron chi connectivity index (χ0n) is 14.8. The molecule has 130 valence electrons. The zero-order valence-corrected chi connectivity index (χ0v) is 14.8. The molecule has 1 saturated heterocycles. The number of fused-ring (bicyclic) bond motifs is 3. The van der Waals surface area contributed by atoms with Gasteiger partial charge in [-0.25, -0.2) is 0 Å². The Hall–Kier alpha value is -2.33. The number of nitrogens with zero attached hydrogens (tertiary/aromatic N) is 1. The van der Waals surface area contributed by atoms with Crippen LogP contribution >= 0.6 is 0 Å². The van der Waals surface area contributed by atoms with E-state index < -0.39 is 0 Å². The van der Waals surface area contributed by atoms with E-state index in [2.05, 4.69) is 47.8 Å². The van der Waals surface area contributed by atoms with E-state index in [1.54, 1.807) is 0 Å². The number of amides is 1. The summed E-state index contributed by atoms with van der Waals surface area (Å²) in [5.41, 5.74) is 6.35. The van der Waals surface area contributed by atoms with E-state index in [0.29, 0.717) is 19.6 Å². The minimum Gasteiger partial charge on any atom is -0.376 e. The Balaban J connectivity index is 1.41. The Morgan fingerprint density at radius 1 is 1.08 bits per heavy atom. The van der Waals surface area contributed by atoms with Crippen LogP contribution in [0.1, 0.15) is 25.0 Å². The molecule has 25 heavy (non-hydrogen) atoms. The van der Waals surface area contributed by atoms with Crippen molar-refractivity contribution in [3.8, 4) is 11.1 Å². The number of nitrogens with one attached hydrogen (secondary N) is 1. The van der Waals surface area contributed by atoms with Crippen LogP contribution in [-0.2, 0) is 16.0 Å². The van der Waals surface area contributed by atoms with Crippen LogP contribution in [0.3, 0.4) is 0 Å². The number of carbonyl (C=O) groups is 1. The van der Waals surface area contributed by atoms with Gasteiger partial charge < -0.3 is 15.0 Å². The van der Waals surface area contributed by atoms with Crippen LogP contribution in [0.25, 0.3) is 11.1 Å². The fraction of sp³-hybridized carbons (Fsp3) is 0.381. The van der Waals surface area contributed by atoms with Gasteiger partial charge in [-0.1, -0.05) is 30.3 Å². The van der Waals surface area contributed by atoms with E-state index >= 15 is 0 Å². The first-order chi connectivity index (χ1) is 12.1. The number of carbonyl (C=O) groups excluding carboxylic acids is 1. The van der Waals surface area contributed by atoms with Crippen LogP contribution in [0.4, 0.5) is 5.69 Å². The molecule has 2 aliphatic rings. The van der Waals surface area contributed by atoms with Crippen molar-refractivity contribution in [2.45, 2.75) is 32.5 Å². The molecule has 1 amide bonds. The van der Waals surface area contributed by atoms with Gasteiger partial charge >= 0.3 is 0 Å². The monoisotopic (exact) mass is 336 g/mol. The van der Waals surface area contributed by atoms with Crippen molar-refractivity contribution >= 4 is 11.6 Å². The van der Waals surface area contributed by atoms with Crippen LogP contribution in [-0.4, -0.2) is 42.6 Å². The Bertz CT molecular complexity index is 792. The smallest absolute Gasteiger partial charge is 0.242 e. The third kappa shape index (κ3) is 3.27. The fourth-order valence-corrected chi connectivity index (χ4v) is 3.93. The Morgan fingerprint density at radius 3 is 2.60 bits per heavy atom. The maximum atomic E-state index is 12.5. The highest BCUT2D eigenvalue weighted by molar-refractivity contribution is 5.82. The molecule has 1 aliphatic carbocycles. The average molecular weight is 336 g/mol. The van der Waals surface area contributed by atoms with Gasteiger partial charge in [0.1, 0.15) is 0 Å². The van der Waals surface area contributed by atoms with E-state index in [1.807, 2.05) is 18.7 Å². The molecule has 1 aliphatic heterocycles. The lowest BCUT2D eigenvalue weighted by atomic mass is 10.1. The lowest BCUT2D eigenvalue weighted by Crippen LogP contribution is -2.49. The molecule has 2 aromatic rings. The molecule has 0 bridgehead atoms. The standard InChI is InChI=1S/C21H24N2O2/c1-14-12-23(13-15(2)25-14)21(24)11-22-18-7-8-20-17(10-18)9-16-5-3-4-6-19(16)20/h3-8,10,14-15,22H,9,11-13H2,1-2H3. The van der Waals surface area contributed by atoms with Crippen molar-refractivity contribution in [2.75, 3.05) is 25.0 Å². The van der Waals surface area contributed by atoms with Crippen LogP contribution in [0, 0.1) is 0 Å². The summed E-state index contributed by atoms with van der Waals surface area (Å²) in [6, 6.07) is 14.9. The van der Waals surface area contributed by atoms with Crippen molar-refractivity contribution in [1.82, 2.24) is 4.90 Å². The van der Waals surface area contributed by atoms with Gasteiger partial charge in [0.05, 0.1) is 18.8 Å². The lowest BCUT2D eigenvalue weighted by Gasteiger charge is -2.35. The van der Waals surface area contributed by atoms with Gasteiger partial charge in [0.25, 0.3) is 0 Å². The SMILES string of the molecule is CC1CN(C(=O)CNc2ccc3c(c2)Cc2ccccc2-3)CC(C)O1. The lowest BCUT2D eigenvalue weighted by molar-refractivity contribution is -0.141. The minimum atomic E-state index is 0.103. The van der Waals surface area contributed by atoms with Crippen molar-refractivity contribution in [3.63, 3.8) is 0 Å². The first kappa shape index (κ1) is 16.2. The quantitative estimate of drug-likeness (QED) is 0.798. The molecule has 4 nitrogen and oxygen atoms in total. The van der Waals surface area contributed by atoms with Gasteiger partial charge in [0.15, 0.2) is 0 Å². The van der Waals surface area contributed by atoms with Crippen LogP contribution < -0.4 is 5.32 Å². The summed E-state index contributed by atoms with van der Waals surface area (Å²) in [7, 11) is 0. The van der Waals surface area contributed by atoms with Crippen LogP contribution in [0.2, 0.25) is 0 Å². The fourth-order valence-electron chi connectivity index (χ4n) is 3.93. The molecule has 2 unspecified atom stereocenters. The molecular weight excluding hydrogens is 312 g/mol. The summed E-state index contributed by atoms with van der Waals surface area (Å²) >= 11 is 0. The highest BCUT2D eigenvalue weighted by Gasteiger charge is 2.25. The van der Waals surface area contributed by atoms with Gasteiger partial charge in [-0.3, -0.25) is 4.79 Å². The molecular formula is C21H24N2O2. The second-order valence-corrected chi connectivity index (χ2v) is 7.12. The van der Waals surface area contributed by atoms with E-state index in [1.165, 1.54) is 22.3 Å². The normalized spacial score (nSPS) is 21.6. The minimum absolute atomic E-state index is 0.103. The maximum absolute atomic E-state index is 12.5. The van der Waals surface area contributed by atoms with E-state index in [9.17, 15) is 4.79 Å². The number of hydrogen-bond acceptors (Lipinski definition) is 3. The molecule has 0 radical (unpaired) electrons. The van der Waals surface area contributed by atoms with Crippen LogP contribution in [0.15, 0.2) is 42.5 Å². The van der Waals surface area contributed by atoms with E-state index in [4.69, 9.17) is 4.74 Å². The molecule has 4 rings (SSSR count). The molecule has 0 spiro atoms. The second kappa shape index (κ2) is 6.52. The molecule has 2 aromatic carbocycles. The molecule has 4 heteroatoms. The largest absolute Gasteiger partial charge is 0.376 e. The zero-order chi connectivity index (χ0) is 17.4. The summed E-state index contributed by atoms with van der Waals surface area (Å²) in [5, 5.41) is 3.30. The summed E-state index contributed by atoms with van der Waals surface area (Å²) in [5.74, 6) is 0.130. The first-order valence-electron chi connectivity index (χ1n) is 8.98. The summed E-state index contributed by atoms with van der Waals surface area (Å²) in [4.78, 5) is 14.4. The summed E-state index contributed by atoms with van der Waals surface area (Å²) in [6.07, 6.45) is 1.17. The molecule has 1 N–H and O–H groups in total. The van der Waals surface area contributed by atoms with Gasteiger partial charge in [0, 0.05) is 18.8 Å². The topological polar surface area (TPSA) is 41.6 Å². The second-order valence-electron chi connectivity index (χ2n) is 7.12. The van der Waals surface area contributed by atoms with Crippen molar-refractivity contribution < 1.29 is 9.53 Å². The van der Waals surface area contributed by atoms with Gasteiger partial charge in [0.2, 0.25) is 5.91 Å². The third-order valence-electron chi connectivity index (χ3n) is 5.01.